The summed E-state index contributed by atoms with van der Waals surface area (Å²) in [6.45, 7) is 5.19. The molecule has 0 fully saturated rings. The van der Waals surface area contributed by atoms with Crippen LogP contribution in [0.15, 0.2) is 29.4 Å². The van der Waals surface area contributed by atoms with Crippen molar-refractivity contribution >= 4 is 5.97 Å². The average molecular weight is 251 g/mol. The van der Waals surface area contributed by atoms with E-state index in [9.17, 15) is 9.70 Å². The minimum Gasteiger partial charge on any atom is -0.508 e. The lowest BCUT2D eigenvalue weighted by molar-refractivity contribution is -0.156. The Labute approximate surface area is 106 Å². The van der Waals surface area contributed by atoms with Crippen molar-refractivity contribution in [3.8, 4) is 5.75 Å². The van der Waals surface area contributed by atoms with E-state index in [4.69, 9.17) is 9.84 Å². The molecule has 1 aromatic rings. The van der Waals surface area contributed by atoms with E-state index in [0.717, 1.165) is 5.56 Å². The van der Waals surface area contributed by atoms with Crippen molar-refractivity contribution in [1.82, 2.24) is 0 Å². The molecular formula is C13H17NO4. The predicted octanol–water partition coefficient (Wildman–Crippen LogP) is 2.41. The van der Waals surface area contributed by atoms with Gasteiger partial charge in [-0.3, -0.25) is 0 Å². The van der Waals surface area contributed by atoms with Crippen molar-refractivity contribution in [3.05, 3.63) is 34.7 Å². The Morgan fingerprint density at radius 1 is 1.33 bits per heavy atom. The van der Waals surface area contributed by atoms with Crippen LogP contribution < -0.4 is 0 Å². The SMILES string of the molecule is CC(C)(C)OC(=O)C(Cc1ccc(O)cc1)N=O. The molecule has 0 spiro atoms. The largest absolute Gasteiger partial charge is 0.508 e. The molecule has 0 radical (unpaired) electrons. The van der Waals surface area contributed by atoms with Crippen LogP contribution in [0.1, 0.15) is 26.3 Å². The maximum absolute atomic E-state index is 11.7. The minimum atomic E-state index is -1.06. The number of rotatable bonds is 4. The monoisotopic (exact) mass is 251 g/mol. The molecule has 0 saturated heterocycles. The van der Waals surface area contributed by atoms with Crippen LogP contribution in [0, 0.1) is 4.91 Å². The molecule has 0 heterocycles. The number of nitrogens with zero attached hydrogens (tertiary/aromatic N) is 1. The van der Waals surface area contributed by atoms with Gasteiger partial charge in [0.2, 0.25) is 0 Å². The number of benzene rings is 1. The van der Waals surface area contributed by atoms with Gasteiger partial charge in [-0.25, -0.2) is 4.79 Å². The first-order valence-corrected chi connectivity index (χ1v) is 5.65. The number of aromatic hydroxyl groups is 1. The van der Waals surface area contributed by atoms with Crippen LogP contribution in [0.25, 0.3) is 0 Å². The Bertz CT molecular complexity index is 420. The summed E-state index contributed by atoms with van der Waals surface area (Å²) in [4.78, 5) is 22.4. The molecule has 18 heavy (non-hydrogen) atoms. The van der Waals surface area contributed by atoms with E-state index in [0.29, 0.717) is 0 Å². The maximum atomic E-state index is 11.7. The van der Waals surface area contributed by atoms with Crippen LogP contribution in [0.5, 0.6) is 5.75 Å². The number of carbonyl (C=O) groups is 1. The van der Waals surface area contributed by atoms with Gasteiger partial charge in [0.1, 0.15) is 11.4 Å². The van der Waals surface area contributed by atoms with Crippen molar-refractivity contribution in [1.29, 1.82) is 0 Å². The Hall–Kier alpha value is -1.91. The van der Waals surface area contributed by atoms with E-state index in [-0.39, 0.29) is 12.2 Å². The standard InChI is InChI=1S/C13H17NO4/c1-13(2,3)18-12(16)11(14-17)8-9-4-6-10(15)7-5-9/h4-7,11,15H,8H2,1-3H3. The molecule has 1 aromatic carbocycles. The third-order valence-electron chi connectivity index (χ3n) is 2.17. The van der Waals surface area contributed by atoms with Crippen LogP contribution in [-0.2, 0) is 16.0 Å². The molecule has 5 heteroatoms. The Balaban J connectivity index is 2.70. The number of nitroso groups, excluding NO2 is 1. The van der Waals surface area contributed by atoms with Crippen molar-refractivity contribution in [3.63, 3.8) is 0 Å². The lowest BCUT2D eigenvalue weighted by atomic mass is 10.1. The van der Waals surface area contributed by atoms with E-state index >= 15 is 0 Å². The predicted molar refractivity (Wildman–Crippen MR) is 67.2 cm³/mol. The third kappa shape index (κ3) is 4.53. The fourth-order valence-electron chi connectivity index (χ4n) is 1.39. The second-order valence-electron chi connectivity index (χ2n) is 5.03. The number of hydrogen-bond donors (Lipinski definition) is 1. The zero-order valence-corrected chi connectivity index (χ0v) is 10.7. The van der Waals surface area contributed by atoms with Crippen molar-refractivity contribution in [2.75, 3.05) is 0 Å². The summed E-state index contributed by atoms with van der Waals surface area (Å²) >= 11 is 0. The Morgan fingerprint density at radius 2 is 1.89 bits per heavy atom. The Morgan fingerprint density at radius 3 is 2.33 bits per heavy atom. The van der Waals surface area contributed by atoms with E-state index in [1.165, 1.54) is 12.1 Å². The molecule has 0 aliphatic carbocycles. The highest BCUT2D eigenvalue weighted by molar-refractivity contribution is 5.76. The highest BCUT2D eigenvalue weighted by Crippen LogP contribution is 2.15. The number of esters is 1. The summed E-state index contributed by atoms with van der Waals surface area (Å²) in [5, 5.41) is 11.9. The van der Waals surface area contributed by atoms with E-state index in [1.807, 2.05) is 0 Å². The molecule has 0 saturated carbocycles. The molecule has 0 aromatic heterocycles. The first-order chi connectivity index (χ1) is 8.31. The van der Waals surface area contributed by atoms with E-state index in [1.54, 1.807) is 32.9 Å². The lowest BCUT2D eigenvalue weighted by Gasteiger charge is -2.21. The van der Waals surface area contributed by atoms with Crippen LogP contribution in [-0.4, -0.2) is 22.7 Å². The molecule has 0 aliphatic rings. The lowest BCUT2D eigenvalue weighted by Crippen LogP contribution is -2.31. The van der Waals surface area contributed by atoms with Crippen molar-refractivity contribution in [2.24, 2.45) is 5.18 Å². The number of carbonyl (C=O) groups excluding carboxylic acids is 1. The van der Waals surface area contributed by atoms with Gasteiger partial charge in [-0.2, -0.15) is 0 Å². The fraction of sp³-hybridized carbons (Fsp3) is 0.462. The second-order valence-corrected chi connectivity index (χ2v) is 5.03. The summed E-state index contributed by atoms with van der Waals surface area (Å²) in [5.74, 6) is -0.503. The highest BCUT2D eigenvalue weighted by Gasteiger charge is 2.26. The van der Waals surface area contributed by atoms with Crippen molar-refractivity contribution in [2.45, 2.75) is 38.8 Å². The Kier molecular flexibility index (Phi) is 4.42. The number of ether oxygens (including phenoxy) is 1. The number of hydrogen-bond acceptors (Lipinski definition) is 5. The van der Waals surface area contributed by atoms with Crippen LogP contribution in [0.4, 0.5) is 0 Å². The maximum Gasteiger partial charge on any atom is 0.335 e. The number of phenolic OH excluding ortho intramolecular Hbond substituents is 1. The molecule has 0 amide bonds. The summed E-state index contributed by atoms with van der Waals surface area (Å²) in [6, 6.07) is 5.20. The summed E-state index contributed by atoms with van der Waals surface area (Å²) in [5.41, 5.74) is 0.0953. The summed E-state index contributed by atoms with van der Waals surface area (Å²) in [7, 11) is 0. The molecule has 0 aliphatic heterocycles. The third-order valence-corrected chi connectivity index (χ3v) is 2.17. The van der Waals surface area contributed by atoms with Gasteiger partial charge in [-0.05, 0) is 38.5 Å². The highest BCUT2D eigenvalue weighted by atomic mass is 16.6. The second kappa shape index (κ2) is 5.62. The van der Waals surface area contributed by atoms with E-state index in [2.05, 4.69) is 5.18 Å². The summed E-state index contributed by atoms with van der Waals surface area (Å²) in [6.07, 6.45) is 0.165. The molecule has 1 unspecified atom stereocenters. The molecule has 1 N–H and O–H groups in total. The molecule has 0 bridgehead atoms. The van der Waals surface area contributed by atoms with Gasteiger partial charge in [0, 0.05) is 6.42 Å². The van der Waals surface area contributed by atoms with Gasteiger partial charge >= 0.3 is 5.97 Å². The van der Waals surface area contributed by atoms with Gasteiger partial charge < -0.3 is 9.84 Å². The first-order valence-electron chi connectivity index (χ1n) is 5.65. The molecule has 98 valence electrons. The van der Waals surface area contributed by atoms with E-state index < -0.39 is 17.6 Å². The van der Waals surface area contributed by atoms with Crippen LogP contribution in [0.3, 0.4) is 0 Å². The molecule has 5 nitrogen and oxygen atoms in total. The fourth-order valence-corrected chi connectivity index (χ4v) is 1.39. The van der Waals surface area contributed by atoms with Gasteiger partial charge in [0.15, 0.2) is 6.04 Å². The average Bonchev–Trinajstić information content (AvgIpc) is 2.25. The van der Waals surface area contributed by atoms with Gasteiger partial charge in [-0.15, -0.1) is 4.91 Å². The topological polar surface area (TPSA) is 76.0 Å². The zero-order valence-electron chi connectivity index (χ0n) is 10.7. The van der Waals surface area contributed by atoms with Crippen LogP contribution >= 0.6 is 0 Å². The van der Waals surface area contributed by atoms with Crippen molar-refractivity contribution < 1.29 is 14.6 Å². The minimum absolute atomic E-state index is 0.131. The van der Waals surface area contributed by atoms with Crippen LogP contribution in [0.2, 0.25) is 0 Å². The van der Waals surface area contributed by atoms with Gasteiger partial charge in [0.25, 0.3) is 0 Å². The molecule has 1 rings (SSSR count). The van der Waals surface area contributed by atoms with Gasteiger partial charge in [-0.1, -0.05) is 17.3 Å². The quantitative estimate of drug-likeness (QED) is 0.658. The number of phenols is 1. The first kappa shape index (κ1) is 14.2. The smallest absolute Gasteiger partial charge is 0.335 e. The normalized spacial score (nSPS) is 12.8. The zero-order chi connectivity index (χ0) is 13.8. The molecule has 1 atom stereocenters. The summed E-state index contributed by atoms with van der Waals surface area (Å²) < 4.78 is 5.10. The van der Waals surface area contributed by atoms with Gasteiger partial charge in [0.05, 0.1) is 0 Å². The molecular weight excluding hydrogens is 234 g/mol.